The molecule has 1 amide bonds. The largest absolute Gasteiger partial charge is 0.491 e. The molecule has 0 spiro atoms. The highest BCUT2D eigenvalue weighted by Crippen LogP contribution is 2.26. The van der Waals surface area contributed by atoms with E-state index in [-0.39, 0.29) is 11.0 Å². The zero-order valence-electron chi connectivity index (χ0n) is 21.3. The average molecular weight is 508 g/mol. The van der Waals surface area contributed by atoms with Crippen molar-refractivity contribution in [1.29, 1.82) is 0 Å². The number of hydrogen-bond donors (Lipinski definition) is 1. The fourth-order valence-electron chi connectivity index (χ4n) is 3.43. The van der Waals surface area contributed by atoms with Gasteiger partial charge in [0, 0.05) is 0 Å². The van der Waals surface area contributed by atoms with Gasteiger partial charge in [0.2, 0.25) is 0 Å². The van der Waals surface area contributed by atoms with E-state index in [2.05, 4.69) is 24.4 Å². The van der Waals surface area contributed by atoms with E-state index in [0.29, 0.717) is 11.6 Å². The van der Waals surface area contributed by atoms with Gasteiger partial charge < -0.3 is 4.74 Å². The van der Waals surface area contributed by atoms with E-state index in [4.69, 9.17) is 4.74 Å². The lowest BCUT2D eigenvalue weighted by molar-refractivity contribution is -0.119. The number of carbonyl (C=O) groups is 1. The van der Waals surface area contributed by atoms with Gasteiger partial charge in [-0.1, -0.05) is 43.7 Å². The third-order valence-corrected chi connectivity index (χ3v) is 7.19. The Kier molecular flexibility index (Phi) is 8.88. The highest BCUT2D eigenvalue weighted by molar-refractivity contribution is 7.92. The number of nitrogens with one attached hydrogen (secondary N) is 1. The first kappa shape index (κ1) is 26.9. The number of sulfonamides is 1. The van der Waals surface area contributed by atoms with Crippen LogP contribution in [0.4, 0.5) is 5.69 Å². The summed E-state index contributed by atoms with van der Waals surface area (Å²) in [5.74, 6) is 0.478. The van der Waals surface area contributed by atoms with Crippen molar-refractivity contribution in [2.24, 2.45) is 5.10 Å². The molecule has 0 atom stereocenters. The van der Waals surface area contributed by atoms with Crippen LogP contribution >= 0.6 is 0 Å². The second kappa shape index (κ2) is 11.9. The van der Waals surface area contributed by atoms with Crippen molar-refractivity contribution in [3.8, 4) is 5.75 Å². The molecule has 3 aromatic rings. The molecule has 3 rings (SSSR count). The maximum absolute atomic E-state index is 13.5. The molecule has 1 N–H and O–H groups in total. The molecular formula is C28H33N3O4S. The molecule has 0 aliphatic carbocycles. The Morgan fingerprint density at radius 3 is 2.11 bits per heavy atom. The summed E-state index contributed by atoms with van der Waals surface area (Å²) in [5, 5.41) is 4.00. The average Bonchev–Trinajstić information content (AvgIpc) is 2.83. The van der Waals surface area contributed by atoms with Gasteiger partial charge >= 0.3 is 0 Å². The molecule has 0 saturated carbocycles. The summed E-state index contributed by atoms with van der Waals surface area (Å²) >= 11 is 0. The Balaban J connectivity index is 1.79. The number of anilines is 1. The van der Waals surface area contributed by atoms with Gasteiger partial charge in [0.1, 0.15) is 12.3 Å². The van der Waals surface area contributed by atoms with E-state index >= 15 is 0 Å². The van der Waals surface area contributed by atoms with Crippen LogP contribution in [0.2, 0.25) is 0 Å². The van der Waals surface area contributed by atoms with Crippen molar-refractivity contribution in [3.63, 3.8) is 0 Å². The molecule has 0 fully saturated rings. The zero-order valence-corrected chi connectivity index (χ0v) is 22.1. The quantitative estimate of drug-likeness (QED) is 0.300. The number of hydrogen-bond acceptors (Lipinski definition) is 5. The fraction of sp³-hybridized carbons (Fsp3) is 0.286. The Labute approximate surface area is 213 Å². The monoisotopic (exact) mass is 507 g/mol. The predicted octanol–water partition coefficient (Wildman–Crippen LogP) is 5.25. The summed E-state index contributed by atoms with van der Waals surface area (Å²) in [5.41, 5.74) is 5.62. The maximum Gasteiger partial charge on any atom is 0.264 e. The predicted molar refractivity (Wildman–Crippen MR) is 144 cm³/mol. The smallest absolute Gasteiger partial charge is 0.264 e. The van der Waals surface area contributed by atoms with Crippen LogP contribution in [-0.2, 0) is 14.8 Å². The van der Waals surface area contributed by atoms with Gasteiger partial charge in [0.25, 0.3) is 15.9 Å². The van der Waals surface area contributed by atoms with Gasteiger partial charge in [-0.15, -0.1) is 0 Å². The van der Waals surface area contributed by atoms with Crippen LogP contribution in [0.15, 0.2) is 82.8 Å². The highest BCUT2D eigenvalue weighted by atomic mass is 32.2. The Bertz CT molecular complexity index is 1280. The molecule has 0 saturated heterocycles. The number of carbonyl (C=O) groups excluding carboxylic acids is 1. The van der Waals surface area contributed by atoms with Crippen LogP contribution in [0.3, 0.4) is 0 Å². The Morgan fingerprint density at radius 2 is 1.56 bits per heavy atom. The topological polar surface area (TPSA) is 88.1 Å². The van der Waals surface area contributed by atoms with Gasteiger partial charge in [-0.05, 0) is 86.3 Å². The minimum atomic E-state index is -3.98. The molecule has 8 heteroatoms. The summed E-state index contributed by atoms with van der Waals surface area (Å²) in [6.45, 7) is 9.49. The fourth-order valence-corrected chi connectivity index (χ4v) is 4.85. The molecule has 36 heavy (non-hydrogen) atoms. The SMILES string of the molecule is Cc1ccc(S(=O)(=O)N(CC(=O)N/N=C\c2ccc(OC(C)C)cc2)c2ccc(C(C)C)cc2)cc1. The van der Waals surface area contributed by atoms with E-state index in [9.17, 15) is 13.2 Å². The lowest BCUT2D eigenvalue weighted by Gasteiger charge is -2.24. The molecule has 7 nitrogen and oxygen atoms in total. The van der Waals surface area contributed by atoms with Crippen LogP contribution in [0, 0.1) is 6.92 Å². The third kappa shape index (κ3) is 7.18. The van der Waals surface area contributed by atoms with Crippen molar-refractivity contribution >= 4 is 27.8 Å². The lowest BCUT2D eigenvalue weighted by Crippen LogP contribution is -2.39. The minimum Gasteiger partial charge on any atom is -0.491 e. The summed E-state index contributed by atoms with van der Waals surface area (Å²) < 4.78 is 33.7. The molecule has 0 bridgehead atoms. The maximum atomic E-state index is 13.5. The Hall–Kier alpha value is -3.65. The van der Waals surface area contributed by atoms with Crippen LogP contribution in [0.25, 0.3) is 0 Å². The van der Waals surface area contributed by atoms with Crippen molar-refractivity contribution < 1.29 is 17.9 Å². The van der Waals surface area contributed by atoms with Crippen LogP contribution < -0.4 is 14.5 Å². The second-order valence-corrected chi connectivity index (χ2v) is 11.0. The standard InChI is InChI=1S/C28H33N3O4S/c1-20(2)24-10-12-25(13-11-24)31(36(33,34)27-16-6-22(5)7-17-27)19-28(32)30-29-18-23-8-14-26(15-9-23)35-21(3)4/h6-18,20-21H,19H2,1-5H3,(H,30,32)/b29-18-. The number of amides is 1. The van der Waals surface area contributed by atoms with E-state index in [1.807, 2.05) is 57.2 Å². The molecule has 0 radical (unpaired) electrons. The van der Waals surface area contributed by atoms with Crippen LogP contribution in [-0.4, -0.2) is 33.2 Å². The number of hydrazone groups is 1. The summed E-state index contributed by atoms with van der Waals surface area (Å²) in [6, 6.07) is 21.0. The van der Waals surface area contributed by atoms with Crippen LogP contribution in [0.1, 0.15) is 50.3 Å². The van der Waals surface area contributed by atoms with Gasteiger partial charge in [0.05, 0.1) is 22.9 Å². The second-order valence-electron chi connectivity index (χ2n) is 9.10. The van der Waals surface area contributed by atoms with Crippen molar-refractivity contribution in [1.82, 2.24) is 5.43 Å². The number of ether oxygens (including phenoxy) is 1. The molecule has 3 aromatic carbocycles. The number of rotatable bonds is 10. The van der Waals surface area contributed by atoms with Gasteiger partial charge in [-0.2, -0.15) is 5.10 Å². The zero-order chi connectivity index (χ0) is 26.3. The molecule has 0 aliphatic rings. The summed E-state index contributed by atoms with van der Waals surface area (Å²) in [4.78, 5) is 12.9. The van der Waals surface area contributed by atoms with Crippen molar-refractivity contribution in [2.75, 3.05) is 10.8 Å². The van der Waals surface area contributed by atoms with Crippen LogP contribution in [0.5, 0.6) is 5.75 Å². The molecule has 0 aliphatic heterocycles. The normalized spacial score (nSPS) is 11.8. The summed E-state index contributed by atoms with van der Waals surface area (Å²) in [7, 11) is -3.98. The first-order valence-electron chi connectivity index (χ1n) is 11.8. The molecular weight excluding hydrogens is 474 g/mol. The first-order chi connectivity index (χ1) is 17.1. The van der Waals surface area contributed by atoms with E-state index in [0.717, 1.165) is 26.7 Å². The number of benzene rings is 3. The molecule has 190 valence electrons. The molecule has 0 unspecified atom stereocenters. The molecule has 0 aromatic heterocycles. The van der Waals surface area contributed by atoms with Crippen molar-refractivity contribution in [3.05, 3.63) is 89.5 Å². The Morgan fingerprint density at radius 1 is 0.944 bits per heavy atom. The summed E-state index contributed by atoms with van der Waals surface area (Å²) in [6.07, 6.45) is 1.57. The van der Waals surface area contributed by atoms with E-state index < -0.39 is 22.5 Å². The van der Waals surface area contributed by atoms with E-state index in [1.54, 1.807) is 36.4 Å². The minimum absolute atomic E-state index is 0.0736. The highest BCUT2D eigenvalue weighted by Gasteiger charge is 2.27. The van der Waals surface area contributed by atoms with Gasteiger partial charge in [-0.25, -0.2) is 13.8 Å². The van der Waals surface area contributed by atoms with Gasteiger partial charge in [-0.3, -0.25) is 9.10 Å². The molecule has 0 heterocycles. The number of aryl methyl sites for hydroxylation is 1. The van der Waals surface area contributed by atoms with Gasteiger partial charge in [0.15, 0.2) is 0 Å². The lowest BCUT2D eigenvalue weighted by atomic mass is 10.0. The number of nitrogens with zero attached hydrogens (tertiary/aromatic N) is 2. The van der Waals surface area contributed by atoms with E-state index in [1.165, 1.54) is 6.21 Å². The van der Waals surface area contributed by atoms with Crippen molar-refractivity contribution in [2.45, 2.75) is 51.5 Å². The third-order valence-electron chi connectivity index (χ3n) is 5.40. The first-order valence-corrected chi connectivity index (χ1v) is 13.3.